The lowest BCUT2D eigenvalue weighted by Gasteiger charge is -2.36. The number of fused-ring (bicyclic) bond motifs is 4. The van der Waals surface area contributed by atoms with Crippen molar-refractivity contribution in [2.75, 3.05) is 11.1 Å². The normalized spacial score (nSPS) is 28.4. The second-order valence-corrected chi connectivity index (χ2v) is 14.6. The summed E-state index contributed by atoms with van der Waals surface area (Å²) in [6, 6.07) is 13.9. The summed E-state index contributed by atoms with van der Waals surface area (Å²) in [5.41, 5.74) is 2.55. The molecule has 184 valence electrons. The summed E-state index contributed by atoms with van der Waals surface area (Å²) in [7, 11) is -3.78. The lowest BCUT2D eigenvalue weighted by molar-refractivity contribution is -0.128. The molecule has 3 aliphatic rings. The molecule has 3 atom stereocenters. The molecule has 0 saturated heterocycles. The lowest BCUT2D eigenvalue weighted by Crippen LogP contribution is -2.43. The number of benzene rings is 2. The highest BCUT2D eigenvalue weighted by molar-refractivity contribution is 9.10. The quantitative estimate of drug-likeness (QED) is 0.404. The van der Waals surface area contributed by atoms with Crippen LogP contribution in [0, 0.1) is 16.7 Å². The predicted molar refractivity (Wildman–Crippen MR) is 143 cm³/mol. The van der Waals surface area contributed by atoms with Crippen molar-refractivity contribution < 1.29 is 13.2 Å². The van der Waals surface area contributed by atoms with Crippen molar-refractivity contribution in [3.05, 3.63) is 64.3 Å². The van der Waals surface area contributed by atoms with Crippen LogP contribution in [0.3, 0.4) is 0 Å². The maximum absolute atomic E-state index is 14.1. The third-order valence-corrected chi connectivity index (χ3v) is 11.8. The fraction of sp³-hybridized carbons (Fsp3) is 0.464. The van der Waals surface area contributed by atoms with Crippen LogP contribution in [-0.2, 0) is 20.2 Å². The molecule has 5 nitrogen and oxygen atoms in total. The van der Waals surface area contributed by atoms with Gasteiger partial charge in [-0.2, -0.15) is 0 Å². The van der Waals surface area contributed by atoms with Gasteiger partial charge >= 0.3 is 0 Å². The second-order valence-electron chi connectivity index (χ2n) is 11.8. The van der Waals surface area contributed by atoms with Crippen molar-refractivity contribution in [1.29, 1.82) is 0 Å². The summed E-state index contributed by atoms with van der Waals surface area (Å²) in [6.45, 7) is 8.57. The molecule has 1 aliphatic heterocycles. The summed E-state index contributed by atoms with van der Waals surface area (Å²) in [4.78, 5) is 13.1. The minimum atomic E-state index is -3.78. The number of halogens is 1. The Morgan fingerprint density at radius 1 is 1.11 bits per heavy atom. The molecule has 0 radical (unpaired) electrons. The first kappa shape index (κ1) is 23.3. The first-order valence-corrected chi connectivity index (χ1v) is 14.7. The van der Waals surface area contributed by atoms with E-state index in [0.29, 0.717) is 18.4 Å². The minimum absolute atomic E-state index is 0.0910. The van der Waals surface area contributed by atoms with E-state index in [1.807, 2.05) is 30.3 Å². The maximum atomic E-state index is 14.1. The van der Waals surface area contributed by atoms with E-state index in [9.17, 15) is 13.2 Å². The molecule has 7 heteroatoms. The molecule has 2 fully saturated rings. The van der Waals surface area contributed by atoms with Gasteiger partial charge in [0.1, 0.15) is 5.78 Å². The highest BCUT2D eigenvalue weighted by Crippen LogP contribution is 2.64. The van der Waals surface area contributed by atoms with Crippen molar-refractivity contribution in [2.45, 2.75) is 58.4 Å². The molecule has 2 saturated carbocycles. The number of rotatable bonds is 4. The first-order chi connectivity index (χ1) is 16.4. The van der Waals surface area contributed by atoms with Crippen LogP contribution in [0.4, 0.5) is 5.69 Å². The smallest absolute Gasteiger partial charge is 0.240 e. The van der Waals surface area contributed by atoms with Crippen LogP contribution in [0.25, 0.3) is 10.9 Å². The molecule has 0 spiro atoms. The molecule has 1 aromatic heterocycles. The molecule has 35 heavy (non-hydrogen) atoms. The molecule has 2 unspecified atom stereocenters. The number of carbonyl (C=O) groups is 1. The number of nitrogens with zero attached hydrogens (tertiary/aromatic N) is 1. The number of aromatic nitrogens is 1. The van der Waals surface area contributed by atoms with Gasteiger partial charge in [-0.15, -0.1) is 0 Å². The molecule has 2 bridgehead atoms. The number of para-hydroxylation sites is 1. The Morgan fingerprint density at radius 3 is 2.54 bits per heavy atom. The third kappa shape index (κ3) is 3.03. The molecule has 2 heterocycles. The van der Waals surface area contributed by atoms with Crippen molar-refractivity contribution >= 4 is 48.3 Å². The Labute approximate surface area is 215 Å². The SMILES string of the molecule is CC1(C)c2cc(Br)ccc2NC1c1cn(S(=O)(=O)CC23CC[C@@H](CC2=O)C3(C)C)c2ccccc12. The molecule has 3 aromatic rings. The monoisotopic (exact) mass is 554 g/mol. The molecular weight excluding hydrogens is 524 g/mol. The van der Waals surface area contributed by atoms with Gasteiger partial charge in [0.2, 0.25) is 10.0 Å². The number of anilines is 1. The van der Waals surface area contributed by atoms with Crippen LogP contribution >= 0.6 is 15.9 Å². The highest BCUT2D eigenvalue weighted by Gasteiger charge is 2.65. The zero-order valence-electron chi connectivity index (χ0n) is 20.6. The van der Waals surface area contributed by atoms with Gasteiger partial charge in [0.15, 0.2) is 0 Å². The van der Waals surface area contributed by atoms with Gasteiger partial charge in [-0.25, -0.2) is 12.4 Å². The van der Waals surface area contributed by atoms with Gasteiger partial charge in [0.05, 0.1) is 22.7 Å². The average molecular weight is 556 g/mol. The fourth-order valence-corrected chi connectivity index (χ4v) is 9.79. The summed E-state index contributed by atoms with van der Waals surface area (Å²) in [5.74, 6) is 0.275. The van der Waals surface area contributed by atoms with E-state index in [2.05, 4.69) is 61.1 Å². The van der Waals surface area contributed by atoms with Gasteiger partial charge in [-0.05, 0) is 54.0 Å². The highest BCUT2D eigenvalue weighted by atomic mass is 79.9. The molecule has 1 N–H and O–H groups in total. The van der Waals surface area contributed by atoms with Crippen molar-refractivity contribution in [3.8, 4) is 0 Å². The number of hydrogen-bond acceptors (Lipinski definition) is 4. The average Bonchev–Trinajstić information content (AvgIpc) is 3.42. The van der Waals surface area contributed by atoms with Crippen LogP contribution in [0.5, 0.6) is 0 Å². The van der Waals surface area contributed by atoms with Crippen molar-refractivity contribution in [1.82, 2.24) is 3.97 Å². The predicted octanol–water partition coefficient (Wildman–Crippen LogP) is 6.42. The number of ketones is 1. The summed E-state index contributed by atoms with van der Waals surface area (Å²) < 4.78 is 30.6. The topological polar surface area (TPSA) is 68.2 Å². The lowest BCUT2D eigenvalue weighted by atomic mass is 9.70. The van der Waals surface area contributed by atoms with E-state index in [0.717, 1.165) is 27.5 Å². The van der Waals surface area contributed by atoms with Crippen LogP contribution in [0.1, 0.15) is 64.1 Å². The van der Waals surface area contributed by atoms with E-state index in [4.69, 9.17) is 0 Å². The zero-order chi connectivity index (χ0) is 25.0. The van der Waals surface area contributed by atoms with Crippen LogP contribution < -0.4 is 5.32 Å². The standard InChI is InChI=1S/C28H31BrN2O3S/c1-26(2)21-14-18(29)9-10-22(21)30-25(26)20-15-31(23-8-6-5-7-19(20)23)35(33,34)16-28-12-11-17(13-24(28)32)27(28,3)4/h5-10,14-15,17,25,30H,11-13,16H2,1-4H3/t17-,25?,28?/m0/s1. The van der Waals surface area contributed by atoms with Gasteiger partial charge in [-0.3, -0.25) is 4.79 Å². The van der Waals surface area contributed by atoms with Crippen molar-refractivity contribution in [2.24, 2.45) is 16.7 Å². The molecule has 0 amide bonds. The molecule has 6 rings (SSSR count). The number of nitrogens with one attached hydrogen (secondary N) is 1. The summed E-state index contributed by atoms with van der Waals surface area (Å²) in [5, 5.41) is 4.58. The van der Waals surface area contributed by atoms with Gasteiger partial charge in [0.25, 0.3) is 0 Å². The van der Waals surface area contributed by atoms with E-state index >= 15 is 0 Å². The number of Topliss-reactive ketones (excluding diaryl/α,β-unsaturated/α-hetero) is 1. The first-order valence-electron chi connectivity index (χ1n) is 12.3. The van der Waals surface area contributed by atoms with Gasteiger partial charge in [0, 0.05) is 39.1 Å². The molecule has 2 aliphatic carbocycles. The van der Waals surface area contributed by atoms with Gasteiger partial charge in [-0.1, -0.05) is 61.8 Å². The Hall–Kier alpha value is -2.12. The largest absolute Gasteiger partial charge is 0.377 e. The van der Waals surface area contributed by atoms with E-state index in [1.54, 1.807) is 6.20 Å². The third-order valence-electron chi connectivity index (χ3n) is 9.58. The summed E-state index contributed by atoms with van der Waals surface area (Å²) >= 11 is 3.59. The van der Waals surface area contributed by atoms with E-state index in [1.165, 1.54) is 9.54 Å². The van der Waals surface area contributed by atoms with Crippen molar-refractivity contribution in [3.63, 3.8) is 0 Å². The molecular formula is C28H31BrN2O3S. The fourth-order valence-electron chi connectivity index (χ4n) is 7.26. The van der Waals surface area contributed by atoms with Gasteiger partial charge < -0.3 is 5.32 Å². The van der Waals surface area contributed by atoms with E-state index < -0.39 is 15.4 Å². The van der Waals surface area contributed by atoms with E-state index in [-0.39, 0.29) is 34.3 Å². The summed E-state index contributed by atoms with van der Waals surface area (Å²) in [6.07, 6.45) is 3.90. The second kappa shape index (κ2) is 7.22. The maximum Gasteiger partial charge on any atom is 0.240 e. The number of hydrogen-bond donors (Lipinski definition) is 1. The van der Waals surface area contributed by atoms with Crippen LogP contribution in [0.2, 0.25) is 0 Å². The Balaban J connectivity index is 1.47. The molecule has 2 aromatic carbocycles. The van der Waals surface area contributed by atoms with Crippen LogP contribution in [0.15, 0.2) is 53.1 Å². The Morgan fingerprint density at radius 2 is 1.86 bits per heavy atom. The Kier molecular flexibility index (Phi) is 4.81. The minimum Gasteiger partial charge on any atom is -0.377 e. The van der Waals surface area contributed by atoms with Crippen LogP contribution in [-0.4, -0.2) is 23.9 Å². The Bertz CT molecular complexity index is 1500. The number of carbonyl (C=O) groups excluding carboxylic acids is 1. The zero-order valence-corrected chi connectivity index (χ0v) is 23.0.